The van der Waals surface area contributed by atoms with Gasteiger partial charge in [0.25, 0.3) is 11.5 Å². The lowest BCUT2D eigenvalue weighted by Crippen LogP contribution is -2.62. The lowest BCUT2D eigenvalue weighted by molar-refractivity contribution is -0.276. The molecule has 19 heteroatoms. The second-order valence-electron chi connectivity index (χ2n) is 9.42. The van der Waals surface area contributed by atoms with E-state index in [0.717, 1.165) is 12.1 Å². The molecule has 2 aromatic carbocycles. The zero-order chi connectivity index (χ0) is 31.6. The summed E-state index contributed by atoms with van der Waals surface area (Å²) in [4.78, 5) is 17.2. The van der Waals surface area contributed by atoms with Crippen molar-refractivity contribution in [3.63, 3.8) is 0 Å². The number of rotatable bonds is 5. The van der Waals surface area contributed by atoms with Crippen molar-refractivity contribution < 1.29 is 62.0 Å². The van der Waals surface area contributed by atoms with E-state index >= 15 is 0 Å². The number of benzene rings is 2. The number of aryl methyl sites for hydroxylation is 1. The molecule has 230 valence electrons. The number of oxime groups is 1. The highest BCUT2D eigenvalue weighted by Crippen LogP contribution is 2.51. The van der Waals surface area contributed by atoms with Crippen molar-refractivity contribution in [2.75, 3.05) is 13.1 Å². The van der Waals surface area contributed by atoms with Gasteiger partial charge in [-0.15, -0.1) is 0 Å². The number of sulfonamides is 1. The summed E-state index contributed by atoms with van der Waals surface area (Å²) >= 11 is 5.48. The normalized spacial score (nSPS) is 20.6. The van der Waals surface area contributed by atoms with Crippen LogP contribution in [0.1, 0.15) is 39.0 Å². The average Bonchev–Trinajstić information content (AvgIpc) is 3.28. The molecule has 1 unspecified atom stereocenters. The van der Waals surface area contributed by atoms with Crippen molar-refractivity contribution in [3.8, 4) is 0 Å². The zero-order valence-electron chi connectivity index (χ0n) is 20.7. The van der Waals surface area contributed by atoms with Crippen LogP contribution in [0.3, 0.4) is 0 Å². The highest BCUT2D eigenvalue weighted by atomic mass is 35.5. The molecule has 0 spiro atoms. The van der Waals surface area contributed by atoms with E-state index in [1.807, 2.05) is 0 Å². The molecular weight excluding hydrogens is 640 g/mol. The number of alkyl halides is 9. The van der Waals surface area contributed by atoms with E-state index in [0.29, 0.717) is 0 Å². The third-order valence-corrected chi connectivity index (χ3v) is 8.43. The van der Waals surface area contributed by atoms with Gasteiger partial charge in [-0.2, -0.15) is 43.8 Å². The maximum atomic E-state index is 14.8. The summed E-state index contributed by atoms with van der Waals surface area (Å²) in [5.41, 5.74) is -12.8. The van der Waals surface area contributed by atoms with Gasteiger partial charge in [-0.1, -0.05) is 22.8 Å². The first kappa shape index (κ1) is 31.8. The Hall–Kier alpha value is -3.12. The number of nitrogens with zero attached hydrogens (tertiary/aromatic N) is 2. The van der Waals surface area contributed by atoms with Crippen LogP contribution in [0.2, 0.25) is 5.02 Å². The number of hydrogen-bond donors (Lipinski definition) is 1. The van der Waals surface area contributed by atoms with Crippen molar-refractivity contribution in [2.45, 2.75) is 42.8 Å². The van der Waals surface area contributed by atoms with E-state index in [1.165, 1.54) is 13.0 Å². The van der Waals surface area contributed by atoms with Gasteiger partial charge in [-0.25, -0.2) is 12.8 Å². The van der Waals surface area contributed by atoms with E-state index in [2.05, 4.69) is 15.3 Å². The highest BCUT2D eigenvalue weighted by molar-refractivity contribution is 7.90. The van der Waals surface area contributed by atoms with Crippen LogP contribution >= 0.6 is 11.6 Å². The molecule has 1 amide bonds. The predicted molar refractivity (Wildman–Crippen MR) is 125 cm³/mol. The minimum absolute atomic E-state index is 0.0621. The molecule has 1 N–H and O–H groups in total. The van der Waals surface area contributed by atoms with Crippen molar-refractivity contribution in [2.24, 2.45) is 5.16 Å². The van der Waals surface area contributed by atoms with Gasteiger partial charge in [-0.05, 0) is 42.3 Å². The van der Waals surface area contributed by atoms with Crippen LogP contribution in [0, 0.1) is 12.7 Å². The van der Waals surface area contributed by atoms with Gasteiger partial charge in [0.2, 0.25) is 0 Å². The second-order valence-corrected chi connectivity index (χ2v) is 11.8. The summed E-state index contributed by atoms with van der Waals surface area (Å²) < 4.78 is 158. The topological polar surface area (TPSA) is 88.1 Å². The van der Waals surface area contributed by atoms with E-state index in [1.54, 1.807) is 0 Å². The van der Waals surface area contributed by atoms with Gasteiger partial charge in [0, 0.05) is 24.2 Å². The molecule has 7 nitrogen and oxygen atoms in total. The molecule has 0 aromatic heterocycles. The highest BCUT2D eigenvalue weighted by Gasteiger charge is 2.64. The van der Waals surface area contributed by atoms with Crippen LogP contribution < -0.4 is 5.32 Å². The van der Waals surface area contributed by atoms with Crippen LogP contribution in [-0.2, 0) is 26.6 Å². The van der Waals surface area contributed by atoms with Crippen LogP contribution in [0.25, 0.3) is 0 Å². The Bertz CT molecular complexity index is 1570. The largest absolute Gasteiger partial charge is 0.511 e. The third kappa shape index (κ3) is 5.50. The fraction of sp³-hybridized carbons (Fsp3) is 0.391. The summed E-state index contributed by atoms with van der Waals surface area (Å²) in [5.74, 6) is -2.62. The first-order valence-corrected chi connectivity index (χ1v) is 13.3. The Morgan fingerprint density at radius 2 is 1.69 bits per heavy atom. The van der Waals surface area contributed by atoms with Crippen LogP contribution in [0.15, 0.2) is 35.5 Å². The van der Waals surface area contributed by atoms with Gasteiger partial charge in [0.05, 0.1) is 28.8 Å². The van der Waals surface area contributed by atoms with Crippen LogP contribution in [0.4, 0.5) is 43.9 Å². The molecule has 2 aliphatic heterocycles. The van der Waals surface area contributed by atoms with E-state index in [4.69, 9.17) is 11.6 Å². The maximum Gasteiger partial charge on any atom is 0.511 e. The molecule has 1 saturated heterocycles. The molecule has 0 aliphatic carbocycles. The minimum Gasteiger partial charge on any atom is -0.374 e. The van der Waals surface area contributed by atoms with Crippen molar-refractivity contribution in [1.82, 2.24) is 9.62 Å². The Morgan fingerprint density at radius 3 is 2.21 bits per heavy atom. The number of hydrogen-bond acceptors (Lipinski definition) is 5. The molecule has 4 rings (SSSR count). The number of carbonyl (C=O) groups excluding carboxylic acids is 1. The summed E-state index contributed by atoms with van der Waals surface area (Å²) in [7, 11) is -5.56. The third-order valence-electron chi connectivity index (χ3n) is 6.60. The van der Waals surface area contributed by atoms with Gasteiger partial charge >= 0.3 is 27.9 Å². The number of nitrogens with one attached hydrogen (secondary N) is 1. The molecule has 2 heterocycles. The van der Waals surface area contributed by atoms with Gasteiger partial charge in [0.1, 0.15) is 5.82 Å². The SMILES string of the molecule is Cc1cc(C2=NOC(c3cc(C(F)(F)F)cc(Cl)c3F)(C(F)(F)F)C2)ccc1C(=O)NC1CN(S(=O)(=O)C(F)(F)F)C1. The zero-order valence-corrected chi connectivity index (χ0v) is 22.3. The Balaban J connectivity index is 1.55. The summed E-state index contributed by atoms with van der Waals surface area (Å²) in [6, 6.07) is 2.54. The maximum absolute atomic E-state index is 14.8. The fourth-order valence-corrected chi connectivity index (χ4v) is 5.58. The molecule has 2 aromatic rings. The van der Waals surface area contributed by atoms with E-state index in [-0.39, 0.29) is 33.1 Å². The molecule has 0 radical (unpaired) electrons. The molecular formula is C23H16ClF10N3O4S. The molecule has 2 aliphatic rings. The quantitative estimate of drug-likeness (QED) is 0.422. The van der Waals surface area contributed by atoms with Crippen LogP contribution in [0.5, 0.6) is 0 Å². The Kier molecular flexibility index (Phi) is 7.77. The van der Waals surface area contributed by atoms with Crippen molar-refractivity contribution in [1.29, 1.82) is 0 Å². The molecule has 1 fully saturated rings. The Labute approximate surface area is 235 Å². The predicted octanol–water partition coefficient (Wildman–Crippen LogP) is 5.65. The van der Waals surface area contributed by atoms with E-state index < -0.39 is 92.6 Å². The monoisotopic (exact) mass is 655 g/mol. The number of amides is 1. The van der Waals surface area contributed by atoms with Crippen molar-refractivity contribution >= 4 is 33.2 Å². The minimum atomic E-state index is -5.56. The number of halogens is 11. The van der Waals surface area contributed by atoms with E-state index in [9.17, 15) is 57.1 Å². The second kappa shape index (κ2) is 10.3. The lowest BCUT2D eigenvalue weighted by atomic mass is 9.85. The standard InChI is InChI=1S/C23H16ClF10N3O4S/c1-10-4-11(2-3-14(10)19(38)35-13-8-37(9-13)42(39,40)23(32,33)34)17-7-20(41-36-17,22(29,30)31)15-5-12(21(26,27)28)6-16(24)18(15)25/h2-6,13H,7-9H2,1H3,(H,35,38). The summed E-state index contributed by atoms with van der Waals surface area (Å²) in [6.07, 6.45) is -11.9. The van der Waals surface area contributed by atoms with Gasteiger partial charge < -0.3 is 10.2 Å². The Morgan fingerprint density at radius 1 is 1.07 bits per heavy atom. The summed E-state index contributed by atoms with van der Waals surface area (Å²) in [6.45, 7) is 0.0578. The smallest absolute Gasteiger partial charge is 0.374 e. The molecule has 42 heavy (non-hydrogen) atoms. The molecule has 0 saturated carbocycles. The van der Waals surface area contributed by atoms with Gasteiger partial charge in [-0.3, -0.25) is 4.79 Å². The molecule has 1 atom stereocenters. The lowest BCUT2D eigenvalue weighted by Gasteiger charge is -2.38. The number of carbonyl (C=O) groups is 1. The van der Waals surface area contributed by atoms with Crippen LogP contribution in [-0.4, -0.2) is 55.2 Å². The molecule has 0 bridgehead atoms. The summed E-state index contributed by atoms with van der Waals surface area (Å²) in [5, 5.41) is 4.47. The van der Waals surface area contributed by atoms with Gasteiger partial charge in [0.15, 0.2) is 0 Å². The van der Waals surface area contributed by atoms with Crippen molar-refractivity contribution in [3.05, 3.63) is 69.0 Å². The fourth-order valence-electron chi connectivity index (χ4n) is 4.32. The first-order chi connectivity index (χ1) is 19.1. The average molecular weight is 656 g/mol. The first-order valence-electron chi connectivity index (χ1n) is 11.5.